The molecule has 1 saturated heterocycles. The average molecular weight is 364 g/mol. The molecule has 0 amide bonds. The predicted octanol–water partition coefficient (Wildman–Crippen LogP) is 3.80. The number of carbonyl (C=O) groups excluding carboxylic acids is 1. The number of piperazine rings is 1. The smallest absolute Gasteiger partial charge is 0.305 e. The molecule has 142 valence electrons. The largest absolute Gasteiger partial charge is 0.466 e. The van der Waals surface area contributed by atoms with E-state index in [4.69, 9.17) is 4.74 Å². The van der Waals surface area contributed by atoms with Crippen molar-refractivity contribution in [1.29, 1.82) is 0 Å². The fourth-order valence-electron chi connectivity index (χ4n) is 4.44. The lowest BCUT2D eigenvalue weighted by atomic mass is 9.96. The number of carbonyl (C=O) groups is 1. The van der Waals surface area contributed by atoms with Crippen LogP contribution in [0.2, 0.25) is 0 Å². The zero-order chi connectivity index (χ0) is 18.6. The van der Waals surface area contributed by atoms with E-state index in [-0.39, 0.29) is 5.97 Å². The third kappa shape index (κ3) is 3.86. The van der Waals surface area contributed by atoms with E-state index in [9.17, 15) is 4.79 Å². The van der Waals surface area contributed by atoms with Crippen LogP contribution in [0.15, 0.2) is 48.5 Å². The first-order valence-corrected chi connectivity index (χ1v) is 10.1. The van der Waals surface area contributed by atoms with Crippen LogP contribution in [-0.4, -0.2) is 43.7 Å². The molecule has 2 aromatic carbocycles. The highest BCUT2D eigenvalue weighted by molar-refractivity contribution is 5.69. The minimum absolute atomic E-state index is 0.0788. The topological polar surface area (TPSA) is 32.8 Å². The highest BCUT2D eigenvalue weighted by Crippen LogP contribution is 2.39. The molecule has 1 atom stereocenters. The number of esters is 1. The quantitative estimate of drug-likeness (QED) is 0.756. The van der Waals surface area contributed by atoms with Crippen LogP contribution in [0, 0.1) is 0 Å². The summed E-state index contributed by atoms with van der Waals surface area (Å²) in [5, 5.41) is 0. The molecule has 27 heavy (non-hydrogen) atoms. The summed E-state index contributed by atoms with van der Waals surface area (Å²) in [5.41, 5.74) is 5.68. The fourth-order valence-corrected chi connectivity index (χ4v) is 4.44. The van der Waals surface area contributed by atoms with Crippen LogP contribution < -0.4 is 4.90 Å². The van der Waals surface area contributed by atoms with E-state index in [0.29, 0.717) is 19.1 Å². The summed E-state index contributed by atoms with van der Waals surface area (Å²) < 4.78 is 5.05. The molecule has 4 nitrogen and oxygen atoms in total. The summed E-state index contributed by atoms with van der Waals surface area (Å²) in [5.74, 6) is -0.0788. The Morgan fingerprint density at radius 1 is 1.07 bits per heavy atom. The van der Waals surface area contributed by atoms with Gasteiger partial charge in [0.25, 0.3) is 0 Å². The van der Waals surface area contributed by atoms with Crippen molar-refractivity contribution in [3.63, 3.8) is 0 Å². The number of para-hydroxylation sites is 1. The maximum atomic E-state index is 11.6. The van der Waals surface area contributed by atoms with Crippen LogP contribution in [0.25, 0.3) is 0 Å². The number of nitrogens with zero attached hydrogens (tertiary/aromatic N) is 2. The van der Waals surface area contributed by atoms with Gasteiger partial charge in [0.1, 0.15) is 0 Å². The Morgan fingerprint density at radius 3 is 2.70 bits per heavy atom. The predicted molar refractivity (Wildman–Crippen MR) is 108 cm³/mol. The SMILES string of the molecule is CCOC(=O)CCCN1CCN2c3ccccc3Cc3ccccc3[C@@H]2C1. The Morgan fingerprint density at radius 2 is 1.85 bits per heavy atom. The molecular weight excluding hydrogens is 336 g/mol. The van der Waals surface area contributed by atoms with E-state index in [1.54, 1.807) is 0 Å². The number of rotatable bonds is 5. The number of ether oxygens (including phenoxy) is 1. The van der Waals surface area contributed by atoms with E-state index in [2.05, 4.69) is 58.3 Å². The van der Waals surface area contributed by atoms with Crippen molar-refractivity contribution in [2.75, 3.05) is 37.7 Å². The van der Waals surface area contributed by atoms with Crippen molar-refractivity contribution in [2.45, 2.75) is 32.2 Å². The zero-order valence-electron chi connectivity index (χ0n) is 16.1. The number of hydrogen-bond donors (Lipinski definition) is 0. The van der Waals surface area contributed by atoms with Gasteiger partial charge in [-0.2, -0.15) is 0 Å². The molecule has 0 bridgehead atoms. The summed E-state index contributed by atoms with van der Waals surface area (Å²) in [4.78, 5) is 16.7. The lowest BCUT2D eigenvalue weighted by Crippen LogP contribution is -2.48. The van der Waals surface area contributed by atoms with E-state index in [1.165, 1.54) is 22.4 Å². The van der Waals surface area contributed by atoms with Crippen molar-refractivity contribution in [3.8, 4) is 0 Å². The molecular formula is C23H28N2O2. The van der Waals surface area contributed by atoms with Crippen LogP contribution in [-0.2, 0) is 16.0 Å². The van der Waals surface area contributed by atoms with Crippen LogP contribution in [0.3, 0.4) is 0 Å². The zero-order valence-corrected chi connectivity index (χ0v) is 16.1. The highest BCUT2D eigenvalue weighted by atomic mass is 16.5. The average Bonchev–Trinajstić information content (AvgIpc) is 2.82. The number of benzene rings is 2. The molecule has 0 spiro atoms. The van der Waals surface area contributed by atoms with Gasteiger partial charge in [0, 0.05) is 31.7 Å². The number of anilines is 1. The molecule has 2 aliphatic rings. The van der Waals surface area contributed by atoms with Gasteiger partial charge in [-0.1, -0.05) is 42.5 Å². The molecule has 0 saturated carbocycles. The van der Waals surface area contributed by atoms with Crippen molar-refractivity contribution in [2.24, 2.45) is 0 Å². The van der Waals surface area contributed by atoms with Crippen LogP contribution >= 0.6 is 0 Å². The number of fused-ring (bicyclic) bond motifs is 5. The van der Waals surface area contributed by atoms with Gasteiger partial charge in [-0.15, -0.1) is 0 Å². The molecule has 0 radical (unpaired) electrons. The molecule has 4 rings (SSSR count). The lowest BCUT2D eigenvalue weighted by molar-refractivity contribution is -0.143. The van der Waals surface area contributed by atoms with Crippen molar-refractivity contribution in [3.05, 3.63) is 65.2 Å². The number of hydrogen-bond acceptors (Lipinski definition) is 4. The van der Waals surface area contributed by atoms with Crippen LogP contribution in [0.4, 0.5) is 5.69 Å². The first-order chi connectivity index (χ1) is 13.3. The van der Waals surface area contributed by atoms with Gasteiger partial charge in [-0.3, -0.25) is 9.69 Å². The molecule has 0 aromatic heterocycles. The molecule has 1 fully saturated rings. The Hall–Kier alpha value is -2.33. The molecule has 2 aliphatic heterocycles. The standard InChI is InChI=1S/C23H28N2O2/c1-2-27-23(26)12-7-13-24-14-15-25-21-11-6-4-9-19(21)16-18-8-3-5-10-20(18)22(25)17-24/h3-6,8-11,22H,2,7,12-17H2,1H3/t22-/m0/s1. The Bertz CT molecular complexity index is 804. The summed E-state index contributed by atoms with van der Waals surface area (Å²) in [6.07, 6.45) is 2.38. The monoisotopic (exact) mass is 364 g/mol. The second-order valence-corrected chi connectivity index (χ2v) is 7.42. The van der Waals surface area contributed by atoms with Gasteiger partial charge in [0.2, 0.25) is 0 Å². The second kappa shape index (κ2) is 8.13. The molecule has 0 aliphatic carbocycles. The van der Waals surface area contributed by atoms with Crippen LogP contribution in [0.5, 0.6) is 0 Å². The fraction of sp³-hybridized carbons (Fsp3) is 0.435. The maximum Gasteiger partial charge on any atom is 0.305 e. The normalized spacial score (nSPS) is 18.9. The lowest BCUT2D eigenvalue weighted by Gasteiger charge is -2.43. The molecule has 0 N–H and O–H groups in total. The minimum atomic E-state index is -0.0788. The molecule has 4 heteroatoms. The van der Waals surface area contributed by atoms with Gasteiger partial charge in [-0.05, 0) is 49.1 Å². The van der Waals surface area contributed by atoms with Gasteiger partial charge in [0.15, 0.2) is 0 Å². The van der Waals surface area contributed by atoms with Crippen molar-refractivity contribution >= 4 is 11.7 Å². The van der Waals surface area contributed by atoms with Gasteiger partial charge < -0.3 is 9.64 Å². The first-order valence-electron chi connectivity index (χ1n) is 10.1. The van der Waals surface area contributed by atoms with E-state index < -0.39 is 0 Å². The summed E-state index contributed by atoms with van der Waals surface area (Å²) in [6.45, 7) is 6.35. The van der Waals surface area contributed by atoms with E-state index in [0.717, 1.165) is 39.0 Å². The summed E-state index contributed by atoms with van der Waals surface area (Å²) in [7, 11) is 0. The molecule has 0 unspecified atom stereocenters. The van der Waals surface area contributed by atoms with Crippen molar-refractivity contribution in [1.82, 2.24) is 4.90 Å². The van der Waals surface area contributed by atoms with Crippen LogP contribution in [0.1, 0.15) is 42.5 Å². The Labute approximate surface area is 161 Å². The summed E-state index contributed by atoms with van der Waals surface area (Å²) in [6, 6.07) is 18.1. The van der Waals surface area contributed by atoms with Gasteiger partial charge in [-0.25, -0.2) is 0 Å². The summed E-state index contributed by atoms with van der Waals surface area (Å²) >= 11 is 0. The maximum absolute atomic E-state index is 11.6. The van der Waals surface area contributed by atoms with Crippen molar-refractivity contribution < 1.29 is 9.53 Å². The second-order valence-electron chi connectivity index (χ2n) is 7.42. The highest BCUT2D eigenvalue weighted by Gasteiger charge is 2.32. The Balaban J connectivity index is 1.52. The van der Waals surface area contributed by atoms with E-state index >= 15 is 0 Å². The van der Waals surface area contributed by atoms with Gasteiger partial charge in [0.05, 0.1) is 12.6 Å². The Kier molecular flexibility index (Phi) is 5.44. The third-order valence-corrected chi connectivity index (χ3v) is 5.72. The third-order valence-electron chi connectivity index (χ3n) is 5.72. The molecule has 2 heterocycles. The van der Waals surface area contributed by atoms with Gasteiger partial charge >= 0.3 is 5.97 Å². The molecule has 2 aromatic rings. The first kappa shape index (κ1) is 18.1. The van der Waals surface area contributed by atoms with E-state index in [1.807, 2.05) is 6.92 Å². The minimum Gasteiger partial charge on any atom is -0.466 e.